The first-order valence-corrected chi connectivity index (χ1v) is 9.62. The molecule has 3 aromatic heterocycles. The predicted molar refractivity (Wildman–Crippen MR) is 108 cm³/mol. The predicted octanol–water partition coefficient (Wildman–Crippen LogP) is 2.39. The van der Waals surface area contributed by atoms with Crippen molar-refractivity contribution in [3.05, 3.63) is 76.8 Å². The van der Waals surface area contributed by atoms with Gasteiger partial charge in [-0.25, -0.2) is 19.6 Å². The second-order valence-electron chi connectivity index (χ2n) is 6.14. The summed E-state index contributed by atoms with van der Waals surface area (Å²) in [5.74, 6) is 0.139. The van der Waals surface area contributed by atoms with E-state index in [4.69, 9.17) is 5.73 Å². The number of hydrogen-bond acceptors (Lipinski definition) is 8. The van der Waals surface area contributed by atoms with Crippen molar-refractivity contribution in [1.82, 2.24) is 24.7 Å². The first kappa shape index (κ1) is 18.6. The zero-order chi connectivity index (χ0) is 20.2. The van der Waals surface area contributed by atoms with Crippen LogP contribution < -0.4 is 5.73 Å². The Hall–Kier alpha value is -3.74. The topological polar surface area (TPSA) is 123 Å². The molecule has 0 aliphatic rings. The van der Waals surface area contributed by atoms with Gasteiger partial charge in [-0.3, -0.25) is 4.79 Å². The van der Waals surface area contributed by atoms with Crippen molar-refractivity contribution in [2.45, 2.75) is 6.42 Å². The zero-order valence-electron chi connectivity index (χ0n) is 15.2. The first-order valence-electron chi connectivity index (χ1n) is 8.74. The van der Waals surface area contributed by atoms with Crippen LogP contribution in [0.4, 0.5) is 0 Å². The molecule has 0 unspecified atom stereocenters. The fraction of sp³-hybridized carbons (Fsp3) is 0.100. The van der Waals surface area contributed by atoms with Crippen molar-refractivity contribution < 1.29 is 4.79 Å². The SMILES string of the molecule is N#Cc1ccc(-c2ncc(CCN)cn2)c(C(=O)c2cnn(-c3nccs3)c2)c1. The van der Waals surface area contributed by atoms with Crippen LogP contribution in [0.2, 0.25) is 0 Å². The highest BCUT2D eigenvalue weighted by Crippen LogP contribution is 2.25. The quantitative estimate of drug-likeness (QED) is 0.492. The standard InChI is InChI=1S/C20H15N7OS/c21-4-3-14-9-24-19(25-10-14)16-2-1-13(8-22)7-17(16)18(28)15-11-26-27(12-15)20-23-5-6-29-20/h1-2,5-7,9-12H,3-4,21H2. The Labute approximate surface area is 170 Å². The number of benzene rings is 1. The Morgan fingerprint density at radius 3 is 2.72 bits per heavy atom. The number of nitrogens with zero attached hydrogens (tertiary/aromatic N) is 6. The van der Waals surface area contributed by atoms with Crippen molar-refractivity contribution in [3.63, 3.8) is 0 Å². The summed E-state index contributed by atoms with van der Waals surface area (Å²) in [6.07, 6.45) is 8.84. The van der Waals surface area contributed by atoms with Crippen molar-refractivity contribution in [2.75, 3.05) is 6.54 Å². The third-order valence-electron chi connectivity index (χ3n) is 4.23. The summed E-state index contributed by atoms with van der Waals surface area (Å²) in [6, 6.07) is 6.95. The Kier molecular flexibility index (Phi) is 5.20. The van der Waals surface area contributed by atoms with E-state index in [9.17, 15) is 10.1 Å². The Balaban J connectivity index is 1.74. The molecule has 4 aromatic rings. The molecule has 2 N–H and O–H groups in total. The van der Waals surface area contributed by atoms with E-state index < -0.39 is 0 Å². The van der Waals surface area contributed by atoms with Gasteiger partial charge in [0.15, 0.2) is 11.6 Å². The summed E-state index contributed by atoms with van der Waals surface area (Å²) >= 11 is 1.41. The number of nitrogens with two attached hydrogens (primary N) is 1. The third-order valence-corrected chi connectivity index (χ3v) is 4.99. The molecular formula is C20H15N7OS. The van der Waals surface area contributed by atoms with E-state index in [0.717, 1.165) is 5.56 Å². The largest absolute Gasteiger partial charge is 0.330 e. The van der Waals surface area contributed by atoms with Gasteiger partial charge in [0.2, 0.25) is 5.13 Å². The average Bonchev–Trinajstić information content (AvgIpc) is 3.45. The minimum Gasteiger partial charge on any atom is -0.330 e. The summed E-state index contributed by atoms with van der Waals surface area (Å²) in [6.45, 7) is 0.506. The van der Waals surface area contributed by atoms with Crippen LogP contribution in [0.25, 0.3) is 16.5 Å². The molecule has 142 valence electrons. The summed E-state index contributed by atoms with van der Waals surface area (Å²) in [5, 5.41) is 16.0. The van der Waals surface area contributed by atoms with Crippen LogP contribution in [0.15, 0.2) is 54.6 Å². The molecule has 3 heterocycles. The minimum atomic E-state index is -0.269. The van der Waals surface area contributed by atoms with Gasteiger partial charge in [-0.2, -0.15) is 10.4 Å². The number of nitriles is 1. The van der Waals surface area contributed by atoms with Crippen LogP contribution in [0, 0.1) is 11.3 Å². The lowest BCUT2D eigenvalue weighted by molar-refractivity contribution is 0.103. The van der Waals surface area contributed by atoms with Crippen LogP contribution in [0.5, 0.6) is 0 Å². The number of aromatic nitrogens is 5. The van der Waals surface area contributed by atoms with Crippen LogP contribution in [0.3, 0.4) is 0 Å². The number of ketones is 1. The molecule has 0 saturated heterocycles. The second kappa shape index (κ2) is 8.10. The van der Waals surface area contributed by atoms with E-state index in [1.165, 1.54) is 17.5 Å². The van der Waals surface area contributed by atoms with Gasteiger partial charge in [0.25, 0.3) is 0 Å². The molecule has 0 fully saturated rings. The van der Waals surface area contributed by atoms with Gasteiger partial charge >= 0.3 is 0 Å². The van der Waals surface area contributed by atoms with E-state index in [-0.39, 0.29) is 5.78 Å². The monoisotopic (exact) mass is 401 g/mol. The van der Waals surface area contributed by atoms with Gasteiger partial charge in [-0.15, -0.1) is 11.3 Å². The minimum absolute atomic E-state index is 0.269. The highest BCUT2D eigenvalue weighted by Gasteiger charge is 2.19. The maximum Gasteiger partial charge on any atom is 0.210 e. The number of rotatable bonds is 6. The molecule has 0 aliphatic heterocycles. The zero-order valence-corrected chi connectivity index (χ0v) is 16.0. The maximum atomic E-state index is 13.2. The summed E-state index contributed by atoms with van der Waals surface area (Å²) in [7, 11) is 0. The molecule has 0 atom stereocenters. The molecule has 0 spiro atoms. The Morgan fingerprint density at radius 2 is 2.03 bits per heavy atom. The fourth-order valence-electron chi connectivity index (χ4n) is 2.82. The van der Waals surface area contributed by atoms with Crippen LogP contribution in [-0.4, -0.2) is 37.1 Å². The van der Waals surface area contributed by atoms with Crippen molar-refractivity contribution in [1.29, 1.82) is 5.26 Å². The molecule has 0 aliphatic carbocycles. The summed E-state index contributed by atoms with van der Waals surface area (Å²) in [4.78, 5) is 26.1. The molecular weight excluding hydrogens is 386 g/mol. The lowest BCUT2D eigenvalue weighted by atomic mass is 9.97. The number of thiazole rings is 1. The molecule has 0 radical (unpaired) electrons. The van der Waals surface area contributed by atoms with Gasteiger partial charge in [0.05, 0.1) is 23.4 Å². The normalized spacial score (nSPS) is 10.6. The molecule has 4 rings (SSSR count). The van der Waals surface area contributed by atoms with E-state index in [1.807, 2.05) is 5.38 Å². The number of carbonyl (C=O) groups excluding carboxylic acids is 1. The van der Waals surface area contributed by atoms with Crippen LogP contribution >= 0.6 is 11.3 Å². The van der Waals surface area contributed by atoms with E-state index >= 15 is 0 Å². The maximum absolute atomic E-state index is 13.2. The highest BCUT2D eigenvalue weighted by molar-refractivity contribution is 7.12. The Bertz CT molecular complexity index is 1190. The van der Waals surface area contributed by atoms with Gasteiger partial charge in [0.1, 0.15) is 0 Å². The summed E-state index contributed by atoms with van der Waals surface area (Å²) < 4.78 is 1.55. The van der Waals surface area contributed by atoms with Crippen molar-refractivity contribution in [3.8, 4) is 22.6 Å². The third kappa shape index (κ3) is 3.80. The molecule has 29 heavy (non-hydrogen) atoms. The molecule has 8 nitrogen and oxygen atoms in total. The second-order valence-corrected chi connectivity index (χ2v) is 7.02. The Morgan fingerprint density at radius 1 is 1.21 bits per heavy atom. The van der Waals surface area contributed by atoms with Crippen molar-refractivity contribution in [2.24, 2.45) is 5.73 Å². The summed E-state index contributed by atoms with van der Waals surface area (Å²) in [5.41, 5.74) is 8.14. The van der Waals surface area contributed by atoms with Gasteiger partial charge < -0.3 is 5.73 Å². The van der Waals surface area contributed by atoms with Gasteiger partial charge in [-0.05, 0) is 36.7 Å². The molecule has 0 saturated carbocycles. The van der Waals surface area contributed by atoms with Crippen LogP contribution in [0.1, 0.15) is 27.0 Å². The average molecular weight is 401 g/mol. The first-order chi connectivity index (χ1) is 14.2. The fourth-order valence-corrected chi connectivity index (χ4v) is 3.39. The lowest BCUT2D eigenvalue weighted by Gasteiger charge is -2.08. The van der Waals surface area contributed by atoms with E-state index in [2.05, 4.69) is 26.1 Å². The van der Waals surface area contributed by atoms with Crippen molar-refractivity contribution >= 4 is 17.1 Å². The smallest absolute Gasteiger partial charge is 0.210 e. The van der Waals surface area contributed by atoms with Crippen LogP contribution in [-0.2, 0) is 6.42 Å². The number of carbonyl (C=O) groups is 1. The molecule has 1 aromatic carbocycles. The number of hydrogen-bond donors (Lipinski definition) is 1. The van der Waals surface area contributed by atoms with E-state index in [1.54, 1.807) is 47.7 Å². The molecule has 0 amide bonds. The van der Waals surface area contributed by atoms with Gasteiger partial charge in [-0.1, -0.05) is 0 Å². The molecule has 0 bridgehead atoms. The highest BCUT2D eigenvalue weighted by atomic mass is 32.1. The lowest BCUT2D eigenvalue weighted by Crippen LogP contribution is -2.06. The molecule has 9 heteroatoms. The van der Waals surface area contributed by atoms with E-state index in [0.29, 0.717) is 46.2 Å². The van der Waals surface area contributed by atoms with Gasteiger partial charge in [0, 0.05) is 41.3 Å².